The first-order chi connectivity index (χ1) is 8.65. The van der Waals surface area contributed by atoms with Gasteiger partial charge in [0.2, 0.25) is 0 Å². The summed E-state index contributed by atoms with van der Waals surface area (Å²) < 4.78 is 0. The summed E-state index contributed by atoms with van der Waals surface area (Å²) in [4.78, 5) is 15.0. The van der Waals surface area contributed by atoms with Crippen LogP contribution in [0.15, 0.2) is 12.1 Å². The normalized spacial score (nSPS) is 10.3. The van der Waals surface area contributed by atoms with E-state index in [1.807, 2.05) is 11.8 Å². The zero-order chi connectivity index (χ0) is 13.4. The fraction of sp³-hybridized carbons (Fsp3) is 0.500. The molecule has 0 atom stereocenters. The zero-order valence-corrected chi connectivity index (χ0v) is 11.9. The van der Waals surface area contributed by atoms with Crippen molar-refractivity contribution in [1.82, 2.24) is 4.98 Å². The minimum absolute atomic E-state index is 0.156. The quantitative estimate of drug-likeness (QED) is 0.567. The van der Waals surface area contributed by atoms with Crippen molar-refractivity contribution in [3.05, 3.63) is 22.8 Å². The number of hydrogen-bond acceptors (Lipinski definition) is 4. The van der Waals surface area contributed by atoms with E-state index in [0.29, 0.717) is 17.5 Å². The van der Waals surface area contributed by atoms with Gasteiger partial charge in [-0.1, -0.05) is 18.0 Å². The van der Waals surface area contributed by atoms with E-state index in [1.165, 1.54) is 18.6 Å². The predicted molar refractivity (Wildman–Crippen MR) is 76.9 cm³/mol. The van der Waals surface area contributed by atoms with Crippen molar-refractivity contribution in [1.29, 1.82) is 0 Å². The van der Waals surface area contributed by atoms with Crippen LogP contribution >= 0.6 is 23.4 Å². The number of thioether (sulfide) groups is 1. The highest BCUT2D eigenvalue weighted by Gasteiger charge is 2.11. The number of carbonyl (C=O) groups is 1. The van der Waals surface area contributed by atoms with Crippen LogP contribution in [0.3, 0.4) is 0 Å². The number of nitrogens with one attached hydrogen (secondary N) is 1. The molecule has 0 aliphatic carbocycles. The topological polar surface area (TPSA) is 62.2 Å². The lowest BCUT2D eigenvalue weighted by molar-refractivity contribution is 0.0697. The largest absolute Gasteiger partial charge is 0.478 e. The standard InChI is InChI=1S/C12H17ClN2O2S/c1-18-8-4-2-3-7-14-11-9(12(16)17)5-6-10(13)15-11/h5-6H,2-4,7-8H2,1H3,(H,14,15)(H,16,17). The van der Waals surface area contributed by atoms with Crippen LogP contribution in [0.1, 0.15) is 29.6 Å². The molecule has 0 aliphatic heterocycles. The van der Waals surface area contributed by atoms with Crippen LogP contribution in [0.25, 0.3) is 0 Å². The molecule has 1 heterocycles. The summed E-state index contributed by atoms with van der Waals surface area (Å²) in [6, 6.07) is 2.95. The molecule has 1 rings (SSSR count). The number of anilines is 1. The van der Waals surface area contributed by atoms with Crippen LogP contribution in [0.4, 0.5) is 5.82 Å². The molecule has 0 fully saturated rings. The second-order valence-corrected chi connectivity index (χ2v) is 5.19. The molecule has 2 N–H and O–H groups in total. The summed E-state index contributed by atoms with van der Waals surface area (Å²) in [5, 5.41) is 12.3. The number of carboxylic acid groups (broad SMARTS) is 1. The van der Waals surface area contributed by atoms with Gasteiger partial charge in [0.05, 0.1) is 0 Å². The highest BCUT2D eigenvalue weighted by atomic mass is 35.5. The van der Waals surface area contributed by atoms with Crippen molar-refractivity contribution in [3.8, 4) is 0 Å². The maximum absolute atomic E-state index is 11.0. The van der Waals surface area contributed by atoms with Gasteiger partial charge >= 0.3 is 5.97 Å². The lowest BCUT2D eigenvalue weighted by atomic mass is 10.2. The number of halogens is 1. The highest BCUT2D eigenvalue weighted by Crippen LogP contribution is 2.16. The van der Waals surface area contributed by atoms with E-state index < -0.39 is 5.97 Å². The van der Waals surface area contributed by atoms with Crippen molar-refractivity contribution >= 4 is 35.1 Å². The molecule has 0 saturated carbocycles. The van der Waals surface area contributed by atoms with Gasteiger partial charge in [-0.25, -0.2) is 9.78 Å². The highest BCUT2D eigenvalue weighted by molar-refractivity contribution is 7.98. The first kappa shape index (κ1) is 15.1. The minimum atomic E-state index is -0.996. The van der Waals surface area contributed by atoms with Crippen molar-refractivity contribution in [2.45, 2.75) is 19.3 Å². The SMILES string of the molecule is CSCCCCCNc1nc(Cl)ccc1C(=O)O. The van der Waals surface area contributed by atoms with Crippen molar-refractivity contribution in [2.75, 3.05) is 23.9 Å². The maximum atomic E-state index is 11.0. The van der Waals surface area contributed by atoms with Crippen LogP contribution in [-0.4, -0.2) is 34.6 Å². The van der Waals surface area contributed by atoms with Crippen LogP contribution in [0.2, 0.25) is 5.15 Å². The van der Waals surface area contributed by atoms with E-state index in [4.69, 9.17) is 16.7 Å². The zero-order valence-electron chi connectivity index (χ0n) is 10.3. The number of hydrogen-bond donors (Lipinski definition) is 2. The van der Waals surface area contributed by atoms with E-state index in [9.17, 15) is 4.79 Å². The van der Waals surface area contributed by atoms with Crippen LogP contribution in [-0.2, 0) is 0 Å². The molecule has 0 saturated heterocycles. The minimum Gasteiger partial charge on any atom is -0.478 e. The molecule has 1 aromatic rings. The second kappa shape index (κ2) is 8.21. The molecule has 0 bridgehead atoms. The summed E-state index contributed by atoms with van der Waals surface area (Å²) in [6.07, 6.45) is 5.38. The smallest absolute Gasteiger partial charge is 0.339 e. The van der Waals surface area contributed by atoms with Crippen molar-refractivity contribution < 1.29 is 9.90 Å². The molecular weight excluding hydrogens is 272 g/mol. The fourth-order valence-electron chi connectivity index (χ4n) is 1.50. The molecule has 0 unspecified atom stereocenters. The lowest BCUT2D eigenvalue weighted by Crippen LogP contribution is -2.09. The van der Waals surface area contributed by atoms with E-state index in [1.54, 1.807) is 0 Å². The fourth-order valence-corrected chi connectivity index (χ4v) is 2.14. The van der Waals surface area contributed by atoms with E-state index in [-0.39, 0.29) is 5.56 Å². The summed E-state index contributed by atoms with van der Waals surface area (Å²) in [7, 11) is 0. The Bertz CT molecular complexity index is 402. The monoisotopic (exact) mass is 288 g/mol. The van der Waals surface area contributed by atoms with Gasteiger partial charge in [-0.3, -0.25) is 0 Å². The first-order valence-electron chi connectivity index (χ1n) is 5.78. The van der Waals surface area contributed by atoms with Gasteiger partial charge in [0.15, 0.2) is 0 Å². The van der Waals surface area contributed by atoms with Gasteiger partial charge in [0, 0.05) is 6.54 Å². The average molecular weight is 289 g/mol. The van der Waals surface area contributed by atoms with Crippen LogP contribution < -0.4 is 5.32 Å². The maximum Gasteiger partial charge on any atom is 0.339 e. The van der Waals surface area contributed by atoms with Gasteiger partial charge in [0.1, 0.15) is 16.5 Å². The number of unbranched alkanes of at least 4 members (excludes halogenated alkanes) is 2. The van der Waals surface area contributed by atoms with Gasteiger partial charge in [-0.2, -0.15) is 11.8 Å². The van der Waals surface area contributed by atoms with E-state index >= 15 is 0 Å². The Balaban J connectivity index is 2.45. The predicted octanol–water partition coefficient (Wildman–Crippen LogP) is 3.38. The molecule has 0 aromatic carbocycles. The summed E-state index contributed by atoms with van der Waals surface area (Å²) >= 11 is 7.59. The number of pyridine rings is 1. The number of rotatable bonds is 8. The summed E-state index contributed by atoms with van der Waals surface area (Å²) in [5.41, 5.74) is 0.156. The van der Waals surface area contributed by atoms with Crippen molar-refractivity contribution in [3.63, 3.8) is 0 Å². The summed E-state index contributed by atoms with van der Waals surface area (Å²) in [6.45, 7) is 0.710. The van der Waals surface area contributed by atoms with Crippen LogP contribution in [0, 0.1) is 0 Å². The van der Waals surface area contributed by atoms with Gasteiger partial charge in [-0.05, 0) is 37.0 Å². The molecule has 0 aliphatic rings. The Morgan fingerprint density at radius 3 is 2.89 bits per heavy atom. The Hall–Kier alpha value is -0.940. The average Bonchev–Trinajstić information content (AvgIpc) is 2.33. The molecule has 0 radical (unpaired) electrons. The lowest BCUT2D eigenvalue weighted by Gasteiger charge is -2.08. The number of carboxylic acids is 1. The molecule has 18 heavy (non-hydrogen) atoms. The molecule has 0 spiro atoms. The third-order valence-corrected chi connectivity index (χ3v) is 3.32. The molecule has 100 valence electrons. The molecule has 1 aromatic heterocycles. The molecule has 4 nitrogen and oxygen atoms in total. The van der Waals surface area contributed by atoms with E-state index in [0.717, 1.165) is 18.6 Å². The van der Waals surface area contributed by atoms with Gasteiger partial charge in [0.25, 0.3) is 0 Å². The molecular formula is C12H17ClN2O2S. The number of aromatic carboxylic acids is 1. The Kier molecular flexibility index (Phi) is 6.90. The Morgan fingerprint density at radius 2 is 2.22 bits per heavy atom. The third kappa shape index (κ3) is 5.14. The number of aromatic nitrogens is 1. The second-order valence-electron chi connectivity index (χ2n) is 3.82. The van der Waals surface area contributed by atoms with E-state index in [2.05, 4.69) is 16.6 Å². The Labute approximate surface area is 116 Å². The number of nitrogens with zero attached hydrogens (tertiary/aromatic N) is 1. The molecule has 6 heteroatoms. The van der Waals surface area contributed by atoms with Crippen molar-refractivity contribution in [2.24, 2.45) is 0 Å². The summed E-state index contributed by atoms with van der Waals surface area (Å²) in [5.74, 6) is 0.513. The third-order valence-electron chi connectivity index (χ3n) is 2.41. The molecule has 0 amide bonds. The van der Waals surface area contributed by atoms with Crippen LogP contribution in [0.5, 0.6) is 0 Å². The van der Waals surface area contributed by atoms with Gasteiger partial charge < -0.3 is 10.4 Å². The van der Waals surface area contributed by atoms with Gasteiger partial charge in [-0.15, -0.1) is 0 Å². The Morgan fingerprint density at radius 1 is 1.44 bits per heavy atom. The first-order valence-corrected chi connectivity index (χ1v) is 7.55.